The Morgan fingerprint density at radius 2 is 1.06 bits per heavy atom. The van der Waals surface area contributed by atoms with E-state index in [9.17, 15) is 29.4 Å². The molecule has 16 nitrogen and oxygen atoms in total. The van der Waals surface area contributed by atoms with Crippen LogP contribution >= 0.6 is 0 Å². The number of aromatic nitrogens is 4. The molecule has 2 aromatic carbocycles. The molecule has 2 radical (unpaired) electrons. The second-order valence-electron chi connectivity index (χ2n) is 18.0. The molecule has 2 atom stereocenters. The number of aliphatic imine (C=N–C) groups is 2. The summed E-state index contributed by atoms with van der Waals surface area (Å²) in [6.45, 7) is 2.22. The quantitative estimate of drug-likeness (QED) is 0.134. The van der Waals surface area contributed by atoms with Crippen LogP contribution in [0, 0.1) is 23.5 Å². The second kappa shape index (κ2) is 20.3. The number of halogens is 2. The number of carboxylic acid groups (broad SMARTS) is 2. The minimum Gasteiger partial charge on any atom is -0.492 e. The van der Waals surface area contributed by atoms with Gasteiger partial charge in [-0.3, -0.25) is 29.5 Å². The van der Waals surface area contributed by atoms with Crippen LogP contribution in [0.3, 0.4) is 0 Å². The number of ether oxygens (including phenoxy) is 2. The molecule has 2 saturated heterocycles. The fourth-order valence-electron chi connectivity index (χ4n) is 9.80. The molecule has 71 heavy (non-hydrogen) atoms. The number of carboxylic acids is 2. The molecule has 0 spiro atoms. The van der Waals surface area contributed by atoms with E-state index in [0.29, 0.717) is 48.6 Å². The topological polar surface area (TPSA) is 194 Å². The molecule has 8 heterocycles. The van der Waals surface area contributed by atoms with Crippen molar-refractivity contribution in [2.24, 2.45) is 21.8 Å². The molecule has 4 fully saturated rings. The minimum absolute atomic E-state index is 0. The first-order chi connectivity index (χ1) is 33.9. The van der Waals surface area contributed by atoms with Gasteiger partial charge in [-0.05, 0) is 74.9 Å². The number of hydrogen-bond donors (Lipinski definition) is 2. The maximum atomic E-state index is 15.3. The molecule has 4 aliphatic heterocycles. The van der Waals surface area contributed by atoms with Gasteiger partial charge in [0.05, 0.1) is 60.5 Å². The number of benzene rings is 2. The first-order valence-electron chi connectivity index (χ1n) is 23.1. The molecule has 360 valence electrons. The maximum absolute atomic E-state index is 15.3. The summed E-state index contributed by atoms with van der Waals surface area (Å²) >= 11 is 0. The van der Waals surface area contributed by atoms with Gasteiger partial charge < -0.3 is 38.6 Å². The van der Waals surface area contributed by atoms with Gasteiger partial charge in [0.15, 0.2) is 23.1 Å². The van der Waals surface area contributed by atoms with E-state index in [4.69, 9.17) is 9.47 Å². The Labute approximate surface area is 424 Å². The Kier molecular flexibility index (Phi) is 14.0. The smallest absolute Gasteiger partial charge is 0.492 e. The van der Waals surface area contributed by atoms with Crippen molar-refractivity contribution >= 4 is 82.7 Å². The van der Waals surface area contributed by atoms with E-state index in [1.54, 1.807) is 33.9 Å². The van der Waals surface area contributed by atoms with E-state index in [0.717, 1.165) is 73.5 Å². The molecule has 2 saturated carbocycles. The van der Waals surface area contributed by atoms with Crippen LogP contribution in [0.15, 0.2) is 117 Å². The van der Waals surface area contributed by atoms with Gasteiger partial charge in [0.1, 0.15) is 22.5 Å². The first-order valence-corrected chi connectivity index (χ1v) is 23.1. The van der Waals surface area contributed by atoms with Crippen molar-refractivity contribution in [2.75, 3.05) is 50.2 Å². The third-order valence-electron chi connectivity index (χ3n) is 13.4. The molecular weight excluding hydrogens is 1110 g/mol. The van der Waals surface area contributed by atoms with Crippen LogP contribution in [-0.2, 0) is 0 Å². The maximum Gasteiger partial charge on any atom is 3.00 e. The van der Waals surface area contributed by atoms with Gasteiger partial charge in [0.25, 0.3) is 0 Å². The van der Waals surface area contributed by atoms with Crippen LogP contribution in [0.5, 0.6) is 11.5 Å². The molecule has 0 unspecified atom stereocenters. The predicted octanol–water partition coefficient (Wildman–Crippen LogP) is 7.72. The summed E-state index contributed by atoms with van der Waals surface area (Å²) in [5.74, 6) is -2.80. The third-order valence-corrected chi connectivity index (χ3v) is 13.4. The van der Waals surface area contributed by atoms with E-state index in [1.165, 1.54) is 26.6 Å². The van der Waals surface area contributed by atoms with E-state index < -0.39 is 34.4 Å². The molecule has 12 rings (SSSR count). The van der Waals surface area contributed by atoms with Crippen molar-refractivity contribution in [1.82, 2.24) is 19.1 Å². The normalized spacial score (nSPS) is 18.5. The Hall–Kier alpha value is -7.14. The van der Waals surface area contributed by atoms with Gasteiger partial charge in [-0.1, -0.05) is 24.3 Å². The van der Waals surface area contributed by atoms with Crippen molar-refractivity contribution in [3.05, 3.63) is 141 Å². The fraction of sp³-hybridized carbons (Fsp3) is 0.308. The number of anilines is 2. The van der Waals surface area contributed by atoms with Gasteiger partial charge in [-0.15, -0.1) is 0 Å². The number of rotatable bonds is 9. The molecule has 0 bridgehead atoms. The number of pyridine rings is 4. The van der Waals surface area contributed by atoms with E-state index >= 15 is 8.78 Å². The summed E-state index contributed by atoms with van der Waals surface area (Å²) in [6, 6.07) is 14.1. The van der Waals surface area contributed by atoms with Gasteiger partial charge in [-0.2, -0.15) is 0 Å². The molecule has 2 aliphatic carbocycles. The molecular formula is C52H48BiF2N8O8+3. The van der Waals surface area contributed by atoms with Crippen molar-refractivity contribution in [3.8, 4) is 22.9 Å². The van der Waals surface area contributed by atoms with Crippen LogP contribution in [0.4, 0.5) is 20.2 Å². The third kappa shape index (κ3) is 9.46. The van der Waals surface area contributed by atoms with E-state index in [1.807, 2.05) is 58.4 Å². The van der Waals surface area contributed by atoms with Crippen molar-refractivity contribution in [3.63, 3.8) is 0 Å². The van der Waals surface area contributed by atoms with Gasteiger partial charge >= 0.3 is 38.1 Å². The standard InChI is InChI=1S/2C21H20FN3O4.C10H8N2.Bi/c2*1-29-20-17-13(19(26)14(21(27)28)9-25(17)12-4-5-12)7-15(22)18(20)24-8-11-3-2-6-23-16(11)10-24;1-3-7-11-9(5-1)10-6-2-4-8-12-10;/h2*2,6-7,9,11-12H,3-5,8,10H2,1H3,(H,27,28);1-8H;/q;;;+3/t2*11-;;/m11../s1. The van der Waals surface area contributed by atoms with Gasteiger partial charge in [-0.25, -0.2) is 18.4 Å². The number of carbonyl (C=O) groups is 2. The summed E-state index contributed by atoms with van der Waals surface area (Å²) in [7, 11) is 2.90. The number of allylic oxidation sites excluding steroid dienone is 2. The van der Waals surface area contributed by atoms with Crippen LogP contribution in [0.25, 0.3) is 33.2 Å². The predicted molar refractivity (Wildman–Crippen MR) is 267 cm³/mol. The average Bonchev–Trinajstić information content (AvgIpc) is 4.31. The summed E-state index contributed by atoms with van der Waals surface area (Å²) in [5, 5.41) is 18.9. The van der Waals surface area contributed by atoms with Crippen molar-refractivity contribution in [2.45, 2.75) is 50.6 Å². The van der Waals surface area contributed by atoms with Crippen LogP contribution in [0.1, 0.15) is 71.3 Å². The Morgan fingerprint density at radius 3 is 1.38 bits per heavy atom. The summed E-state index contributed by atoms with van der Waals surface area (Å²) in [5.41, 5.74) is 3.25. The zero-order valence-electron chi connectivity index (χ0n) is 38.7. The monoisotopic (exact) mass is 1160 g/mol. The van der Waals surface area contributed by atoms with E-state index in [2.05, 4.69) is 20.0 Å². The van der Waals surface area contributed by atoms with Crippen LogP contribution < -0.4 is 30.1 Å². The van der Waals surface area contributed by atoms with Crippen molar-refractivity contribution in [1.29, 1.82) is 0 Å². The average molecular weight is 1160 g/mol. The number of nitrogens with zero attached hydrogens (tertiary/aromatic N) is 8. The Bertz CT molecular complexity index is 3120. The number of methoxy groups -OCH3 is 2. The molecule has 2 N–H and O–H groups in total. The van der Waals surface area contributed by atoms with Crippen LogP contribution in [-0.4, -0.2) is 119 Å². The minimum atomic E-state index is -1.32. The van der Waals surface area contributed by atoms with Crippen LogP contribution in [0.2, 0.25) is 0 Å². The summed E-state index contributed by atoms with van der Waals surface area (Å²) in [6.07, 6.45) is 19.1. The second-order valence-corrected chi connectivity index (χ2v) is 18.0. The Morgan fingerprint density at radius 1 is 0.648 bits per heavy atom. The fourth-order valence-corrected chi connectivity index (χ4v) is 9.80. The molecule has 0 amide bonds. The molecule has 6 aromatic rings. The Balaban J connectivity index is 0.000000142. The largest absolute Gasteiger partial charge is 3.00 e. The zero-order chi connectivity index (χ0) is 48.8. The summed E-state index contributed by atoms with van der Waals surface area (Å²) < 4.78 is 45.4. The number of aromatic carboxylic acids is 2. The number of fused-ring (bicyclic) bond motifs is 4. The van der Waals surface area contributed by atoms with Gasteiger partial charge in [0.2, 0.25) is 10.9 Å². The SMILES string of the molecule is COc1c(N2CC3=NC=CC[C@@H]3C2)c(F)cc2c(=O)c(C(=O)O)cn(C3CC3)c12.COc1c(N2CC3=NC=CC[C@@H]3C2)c(F)cc2c(=O)c(C(=O)O)cn(C3CC3)c12.[Bi+3].c1ccc(-c2ccccn2)nc1. The molecule has 19 heteroatoms. The zero-order valence-corrected chi connectivity index (χ0v) is 42.2. The first kappa shape index (κ1) is 48.9. The van der Waals surface area contributed by atoms with E-state index in [-0.39, 0.29) is 83.5 Å². The van der Waals surface area contributed by atoms with Crippen molar-refractivity contribution < 1.29 is 38.1 Å². The molecule has 6 aliphatic rings. The van der Waals surface area contributed by atoms with Gasteiger partial charge in [0, 0.05) is 85.6 Å². The molecule has 4 aromatic heterocycles. The number of hydrogen-bond acceptors (Lipinski definition) is 12. The summed E-state index contributed by atoms with van der Waals surface area (Å²) in [4.78, 5) is 69.7.